The fourth-order valence-corrected chi connectivity index (χ4v) is 8.21. The van der Waals surface area contributed by atoms with E-state index < -0.39 is 29.0 Å². The van der Waals surface area contributed by atoms with Gasteiger partial charge in [-0.2, -0.15) is 9.97 Å². The number of ether oxygens (including phenoxy) is 3. The Morgan fingerprint density at radius 2 is 1.88 bits per heavy atom. The number of aromatic nitrogens is 2. The highest BCUT2D eigenvalue weighted by Gasteiger charge is 2.40. The number of hydrogen-bond donors (Lipinski definition) is 1. The van der Waals surface area contributed by atoms with E-state index in [1.54, 1.807) is 0 Å². The summed E-state index contributed by atoms with van der Waals surface area (Å²) in [5, 5.41) is 4.03. The predicted octanol–water partition coefficient (Wildman–Crippen LogP) is 6.37. The zero-order valence-corrected chi connectivity index (χ0v) is 28.7. The molecule has 3 saturated heterocycles. The third-order valence-electron chi connectivity index (χ3n) is 10.5. The van der Waals surface area contributed by atoms with Gasteiger partial charge in [-0.3, -0.25) is 9.69 Å². The largest absolute Gasteiger partial charge is 0.493 e. The van der Waals surface area contributed by atoms with Gasteiger partial charge in [-0.1, -0.05) is 25.3 Å². The van der Waals surface area contributed by atoms with E-state index in [1.807, 2.05) is 4.90 Å². The molecule has 3 unspecified atom stereocenters. The van der Waals surface area contributed by atoms with Gasteiger partial charge in [0.1, 0.15) is 29.5 Å². The number of likely N-dealkylation sites (N-methyl/N-ethyl adjacent to an activating group) is 1. The van der Waals surface area contributed by atoms with Gasteiger partial charge in [0.15, 0.2) is 17.4 Å². The molecule has 1 aromatic heterocycles. The molecule has 3 aromatic carbocycles. The number of hydrogen-bond acceptors (Lipinski definition) is 9. The van der Waals surface area contributed by atoms with Crippen LogP contribution in [-0.4, -0.2) is 78.9 Å². The van der Waals surface area contributed by atoms with Crippen molar-refractivity contribution < 1.29 is 32.2 Å². The first-order chi connectivity index (χ1) is 24.1. The van der Waals surface area contributed by atoms with Crippen LogP contribution in [0.2, 0.25) is 0 Å². The van der Waals surface area contributed by atoms with Crippen LogP contribution in [0.4, 0.5) is 19.0 Å². The molecule has 0 amide bonds. The van der Waals surface area contributed by atoms with Crippen LogP contribution in [0, 0.1) is 29.8 Å². The lowest BCUT2D eigenvalue weighted by Crippen LogP contribution is -2.51. The molecule has 0 saturated carbocycles. The maximum absolute atomic E-state index is 17.3. The molecular weight excluding hydrogens is 647 g/mol. The first kappa shape index (κ1) is 33.9. The highest BCUT2D eigenvalue weighted by Crippen LogP contribution is 2.47. The molecular formula is C38H40F3N5O4. The van der Waals surface area contributed by atoms with Gasteiger partial charge in [0.2, 0.25) is 0 Å². The zero-order chi connectivity index (χ0) is 35.3. The van der Waals surface area contributed by atoms with Crippen molar-refractivity contribution in [2.75, 3.05) is 45.3 Å². The molecule has 262 valence electrons. The first-order valence-corrected chi connectivity index (χ1v) is 17.1. The Kier molecular flexibility index (Phi) is 8.99. The number of nitrogens with zero attached hydrogens (tertiary/aromatic N) is 4. The number of anilines is 1. The lowest BCUT2D eigenvalue weighted by molar-refractivity contribution is -0.131. The lowest BCUT2D eigenvalue weighted by atomic mass is 9.92. The summed E-state index contributed by atoms with van der Waals surface area (Å²) < 4.78 is 66.9. The van der Waals surface area contributed by atoms with Gasteiger partial charge in [0.25, 0.3) is 0 Å². The minimum atomic E-state index is -1.06. The topological polar surface area (TPSA) is 89.0 Å². The van der Waals surface area contributed by atoms with Gasteiger partial charge >= 0.3 is 12.0 Å². The summed E-state index contributed by atoms with van der Waals surface area (Å²) in [5.41, 5.74) is -1.34. The summed E-state index contributed by atoms with van der Waals surface area (Å²) in [7, 11) is 3.37. The number of halogens is 3. The second-order valence-corrected chi connectivity index (χ2v) is 13.6. The molecule has 1 N–H and O–H groups in total. The molecule has 3 aliphatic heterocycles. The van der Waals surface area contributed by atoms with Crippen LogP contribution in [0.25, 0.3) is 32.8 Å². The van der Waals surface area contributed by atoms with Crippen LogP contribution < -0.4 is 24.4 Å². The second-order valence-electron chi connectivity index (χ2n) is 13.6. The molecule has 9 nitrogen and oxygen atoms in total. The van der Waals surface area contributed by atoms with Gasteiger partial charge in [0, 0.05) is 43.0 Å². The molecule has 3 aliphatic rings. The van der Waals surface area contributed by atoms with Crippen LogP contribution in [0.3, 0.4) is 0 Å². The van der Waals surface area contributed by atoms with Gasteiger partial charge < -0.3 is 24.4 Å². The predicted molar refractivity (Wildman–Crippen MR) is 185 cm³/mol. The van der Waals surface area contributed by atoms with Gasteiger partial charge in [-0.15, -0.1) is 6.42 Å². The summed E-state index contributed by atoms with van der Waals surface area (Å²) >= 11 is 0. The number of carbonyl (C=O) groups is 1. The molecule has 3 fully saturated rings. The Balaban J connectivity index is 1.49. The number of piperazine rings is 1. The molecule has 0 radical (unpaired) electrons. The summed E-state index contributed by atoms with van der Waals surface area (Å²) in [4.78, 5) is 25.7. The monoisotopic (exact) mass is 687 g/mol. The zero-order valence-electron chi connectivity index (χ0n) is 28.7. The SMILES string of the molecule is C#Cc1c(F)ccc2cc(OC(C)=O)cc(-c3c(F)c(OC)c4c(N5CC6CCC(C5)N6)nc(OCC5(CCC)CCCN5C)nc4c3F)c12. The van der Waals surface area contributed by atoms with E-state index in [0.717, 1.165) is 51.1 Å². The molecule has 7 rings (SSSR count). The van der Waals surface area contributed by atoms with Crippen molar-refractivity contribution in [3.05, 3.63) is 47.3 Å². The summed E-state index contributed by atoms with van der Waals surface area (Å²) in [6, 6.07) is 5.64. The maximum Gasteiger partial charge on any atom is 0.319 e. The highest BCUT2D eigenvalue weighted by atomic mass is 19.1. The van der Waals surface area contributed by atoms with E-state index in [-0.39, 0.29) is 62.5 Å². The fraction of sp³-hybridized carbons (Fsp3) is 0.447. The van der Waals surface area contributed by atoms with Crippen LogP contribution in [-0.2, 0) is 4.79 Å². The first-order valence-electron chi connectivity index (χ1n) is 17.1. The maximum atomic E-state index is 17.3. The van der Waals surface area contributed by atoms with Gasteiger partial charge in [-0.25, -0.2) is 13.2 Å². The highest BCUT2D eigenvalue weighted by molar-refractivity contribution is 6.06. The van der Waals surface area contributed by atoms with Crippen LogP contribution >= 0.6 is 0 Å². The molecule has 0 aliphatic carbocycles. The third kappa shape index (κ3) is 5.76. The Morgan fingerprint density at radius 3 is 2.52 bits per heavy atom. The third-order valence-corrected chi connectivity index (χ3v) is 10.5. The summed E-state index contributed by atoms with van der Waals surface area (Å²) in [6.45, 7) is 5.70. The van der Waals surface area contributed by atoms with E-state index >= 15 is 13.2 Å². The smallest absolute Gasteiger partial charge is 0.319 e. The number of methoxy groups -OCH3 is 1. The Labute approximate surface area is 289 Å². The van der Waals surface area contributed by atoms with Crippen LogP contribution in [0.15, 0.2) is 24.3 Å². The molecule has 3 atom stereocenters. The average molecular weight is 688 g/mol. The molecule has 12 heteroatoms. The van der Waals surface area contributed by atoms with Crippen molar-refractivity contribution in [2.24, 2.45) is 0 Å². The summed E-state index contributed by atoms with van der Waals surface area (Å²) in [5.74, 6) is -1.15. The number of benzene rings is 3. The average Bonchev–Trinajstić information content (AvgIpc) is 3.63. The molecule has 50 heavy (non-hydrogen) atoms. The number of carbonyl (C=O) groups excluding carboxylic acids is 1. The lowest BCUT2D eigenvalue weighted by Gasteiger charge is -2.36. The van der Waals surface area contributed by atoms with Crippen LogP contribution in [0.5, 0.6) is 17.5 Å². The molecule has 2 bridgehead atoms. The standard InChI is InChI=1S/C38H40F3N5O4/c1-6-13-38(14-8-15-45(38)4)20-49-37-43-34-31(36(44-37)46-18-23-10-11-24(19-46)42-23)35(48-5)33(41)30(32(34)40)27-17-25(50-21(3)47)16-22-9-12-28(39)26(7-2)29(22)27/h2,9,12,16-17,23-24,42H,6,8,10-11,13-15,18-20H2,1,3-5H3. The summed E-state index contributed by atoms with van der Waals surface area (Å²) in [6.07, 6.45) is 11.5. The van der Waals surface area contributed by atoms with E-state index in [9.17, 15) is 4.79 Å². The van der Waals surface area contributed by atoms with E-state index in [2.05, 4.69) is 35.1 Å². The second kappa shape index (κ2) is 13.3. The number of terminal acetylenes is 1. The molecule has 0 spiro atoms. The van der Waals surface area contributed by atoms with Crippen molar-refractivity contribution in [1.82, 2.24) is 20.2 Å². The fourth-order valence-electron chi connectivity index (χ4n) is 8.21. The van der Waals surface area contributed by atoms with Gasteiger partial charge in [-0.05, 0) is 69.3 Å². The number of likely N-dealkylation sites (tertiary alicyclic amines) is 1. The van der Waals surface area contributed by atoms with Gasteiger partial charge in [0.05, 0.1) is 29.2 Å². The molecule has 4 heterocycles. The minimum absolute atomic E-state index is 0.00182. The van der Waals surface area contributed by atoms with E-state index in [1.165, 1.54) is 32.2 Å². The number of esters is 1. The van der Waals surface area contributed by atoms with Crippen molar-refractivity contribution in [1.29, 1.82) is 0 Å². The van der Waals surface area contributed by atoms with Crippen LogP contribution in [0.1, 0.15) is 57.9 Å². The Morgan fingerprint density at radius 1 is 1.12 bits per heavy atom. The van der Waals surface area contributed by atoms with E-state index in [4.69, 9.17) is 25.6 Å². The van der Waals surface area contributed by atoms with Crippen molar-refractivity contribution in [3.63, 3.8) is 0 Å². The Hall–Kier alpha value is -4.60. The number of fused-ring (bicyclic) bond motifs is 4. The van der Waals surface area contributed by atoms with Crippen molar-refractivity contribution >= 4 is 33.5 Å². The number of rotatable bonds is 9. The van der Waals surface area contributed by atoms with Crippen molar-refractivity contribution in [2.45, 2.75) is 70.0 Å². The minimum Gasteiger partial charge on any atom is -0.493 e. The Bertz CT molecular complexity index is 2040. The molecule has 4 aromatic rings. The van der Waals surface area contributed by atoms with Crippen molar-refractivity contribution in [3.8, 4) is 41.0 Å². The number of nitrogens with one attached hydrogen (secondary N) is 1. The normalized spacial score (nSPS) is 21.9. The quantitative estimate of drug-likeness (QED) is 0.123. The van der Waals surface area contributed by atoms with E-state index in [0.29, 0.717) is 30.9 Å².